The maximum Gasteiger partial charge on any atom is 0.490 e. The third kappa shape index (κ3) is 5.77. The number of carbonyl (C=O) groups is 2. The average molecular weight is 498 g/mol. The van der Waals surface area contributed by atoms with Gasteiger partial charge < -0.3 is 19.7 Å². The molecule has 0 spiro atoms. The molecule has 0 bridgehead atoms. The van der Waals surface area contributed by atoms with Gasteiger partial charge in [0.05, 0.1) is 5.52 Å². The van der Waals surface area contributed by atoms with E-state index >= 15 is 0 Å². The van der Waals surface area contributed by atoms with E-state index < -0.39 is 12.1 Å². The Morgan fingerprint density at radius 1 is 0.972 bits per heavy atom. The summed E-state index contributed by atoms with van der Waals surface area (Å²) < 4.78 is 33.8. The molecular weight excluding hydrogens is 477 g/mol. The van der Waals surface area contributed by atoms with Crippen LogP contribution >= 0.6 is 0 Å². The van der Waals surface area contributed by atoms with Crippen LogP contribution in [0.15, 0.2) is 73.4 Å². The summed E-state index contributed by atoms with van der Waals surface area (Å²) in [5.74, 6) is -1.87. The van der Waals surface area contributed by atoms with Crippen LogP contribution in [0.2, 0.25) is 0 Å². The van der Waals surface area contributed by atoms with Gasteiger partial charge in [-0.2, -0.15) is 13.2 Å². The normalized spacial score (nSPS) is 15.3. The molecule has 1 atom stereocenters. The summed E-state index contributed by atoms with van der Waals surface area (Å²) in [5.41, 5.74) is 2.98. The van der Waals surface area contributed by atoms with Crippen LogP contribution in [0, 0.1) is 0 Å². The number of carbonyl (C=O) groups excluding carboxylic acids is 1. The highest BCUT2D eigenvalue weighted by atomic mass is 19.4. The molecule has 0 unspecified atom stereocenters. The van der Waals surface area contributed by atoms with Gasteiger partial charge in [-0.15, -0.1) is 0 Å². The number of alkyl halides is 3. The molecule has 9 nitrogen and oxygen atoms in total. The Balaban J connectivity index is 0.000000384. The predicted octanol–water partition coefficient (Wildman–Crippen LogP) is 3.43. The second-order valence-corrected chi connectivity index (χ2v) is 7.92. The molecule has 5 rings (SSSR count). The highest BCUT2D eigenvalue weighted by Gasteiger charge is 2.38. The summed E-state index contributed by atoms with van der Waals surface area (Å²) in [6, 6.07) is 14.0. The highest BCUT2D eigenvalue weighted by Crippen LogP contribution is 2.23. The molecule has 4 heterocycles. The molecule has 2 N–H and O–H groups in total. The zero-order valence-corrected chi connectivity index (χ0v) is 18.8. The van der Waals surface area contributed by atoms with Crippen molar-refractivity contribution in [1.82, 2.24) is 24.7 Å². The largest absolute Gasteiger partial charge is 0.490 e. The molecule has 1 fully saturated rings. The van der Waals surface area contributed by atoms with Gasteiger partial charge in [0.15, 0.2) is 5.82 Å². The van der Waals surface area contributed by atoms with Crippen LogP contribution in [-0.4, -0.2) is 61.6 Å². The van der Waals surface area contributed by atoms with Gasteiger partial charge >= 0.3 is 12.1 Å². The van der Waals surface area contributed by atoms with E-state index in [1.54, 1.807) is 18.6 Å². The minimum absolute atomic E-state index is 0.0388. The molecule has 0 radical (unpaired) electrons. The maximum absolute atomic E-state index is 12.6. The lowest BCUT2D eigenvalue weighted by atomic mass is 10.1. The van der Waals surface area contributed by atoms with Crippen LogP contribution in [0.1, 0.15) is 17.0 Å². The van der Waals surface area contributed by atoms with E-state index in [4.69, 9.17) is 9.90 Å². The van der Waals surface area contributed by atoms with Crippen molar-refractivity contribution in [3.05, 3.63) is 79.3 Å². The third-order valence-corrected chi connectivity index (χ3v) is 5.46. The summed E-state index contributed by atoms with van der Waals surface area (Å²) in [5, 5.41) is 10.2. The first-order valence-corrected chi connectivity index (χ1v) is 10.9. The van der Waals surface area contributed by atoms with Crippen molar-refractivity contribution in [2.24, 2.45) is 0 Å². The number of halogens is 3. The predicted molar refractivity (Wildman–Crippen MR) is 124 cm³/mol. The minimum atomic E-state index is -5.08. The standard InChI is InChI=1S/C22H20N6O.C2HF3O2/c29-22(20-24-13-17(14-25-20)16-5-2-1-3-6-16)26-18-8-11-28(15-18)21-19-7-4-10-27(19)12-9-23-21;3-2(4,5)1(6)7/h1-7,9-10,12-14,18H,8,11,15H2,(H,26,29);(H,6,7)/t18-;/m0./s1. The van der Waals surface area contributed by atoms with E-state index in [2.05, 4.69) is 35.6 Å². The quantitative estimate of drug-likeness (QED) is 0.443. The molecule has 0 aliphatic carbocycles. The fourth-order valence-electron chi connectivity index (χ4n) is 3.74. The van der Waals surface area contributed by atoms with E-state index in [1.165, 1.54) is 0 Å². The number of nitrogens with zero attached hydrogens (tertiary/aromatic N) is 5. The van der Waals surface area contributed by atoms with Crippen molar-refractivity contribution in [1.29, 1.82) is 0 Å². The summed E-state index contributed by atoms with van der Waals surface area (Å²) in [7, 11) is 0. The van der Waals surface area contributed by atoms with Gasteiger partial charge in [-0.1, -0.05) is 30.3 Å². The first kappa shape index (κ1) is 24.6. The number of aliphatic carboxylic acids is 1. The van der Waals surface area contributed by atoms with Gasteiger partial charge in [0.2, 0.25) is 5.82 Å². The number of rotatable bonds is 4. The van der Waals surface area contributed by atoms with Crippen LogP contribution in [0.5, 0.6) is 0 Å². The van der Waals surface area contributed by atoms with Crippen molar-refractivity contribution >= 4 is 23.2 Å². The molecule has 186 valence electrons. The maximum atomic E-state index is 12.6. The Morgan fingerprint density at radius 2 is 1.67 bits per heavy atom. The van der Waals surface area contributed by atoms with Gasteiger partial charge in [-0.3, -0.25) is 4.79 Å². The number of hydrogen-bond donors (Lipinski definition) is 2. The number of fused-ring (bicyclic) bond motifs is 1. The first-order chi connectivity index (χ1) is 17.2. The number of hydrogen-bond acceptors (Lipinski definition) is 6. The number of benzene rings is 1. The Kier molecular flexibility index (Phi) is 7.13. The van der Waals surface area contributed by atoms with Gasteiger partial charge in [0.1, 0.15) is 0 Å². The summed E-state index contributed by atoms with van der Waals surface area (Å²) in [6.45, 7) is 1.56. The monoisotopic (exact) mass is 498 g/mol. The average Bonchev–Trinajstić information content (AvgIpc) is 3.54. The van der Waals surface area contributed by atoms with E-state index in [0.717, 1.165) is 35.4 Å². The van der Waals surface area contributed by atoms with Crippen molar-refractivity contribution in [3.63, 3.8) is 0 Å². The molecule has 12 heteroatoms. The third-order valence-electron chi connectivity index (χ3n) is 5.46. The van der Waals surface area contributed by atoms with Gasteiger partial charge in [0, 0.05) is 55.7 Å². The zero-order chi connectivity index (χ0) is 25.7. The molecule has 1 aromatic carbocycles. The molecule has 1 aliphatic rings. The fraction of sp³-hybridized carbons (Fsp3) is 0.208. The number of carboxylic acid groups (broad SMARTS) is 1. The first-order valence-electron chi connectivity index (χ1n) is 10.9. The fourth-order valence-corrected chi connectivity index (χ4v) is 3.74. The van der Waals surface area contributed by atoms with Gasteiger partial charge in [-0.25, -0.2) is 19.7 Å². The second kappa shape index (κ2) is 10.4. The van der Waals surface area contributed by atoms with Crippen LogP contribution in [0.25, 0.3) is 16.6 Å². The lowest BCUT2D eigenvalue weighted by molar-refractivity contribution is -0.192. The van der Waals surface area contributed by atoms with Gasteiger partial charge in [-0.05, 0) is 24.1 Å². The van der Waals surface area contributed by atoms with Crippen LogP contribution in [0.4, 0.5) is 19.0 Å². The summed E-state index contributed by atoms with van der Waals surface area (Å²) >= 11 is 0. The van der Waals surface area contributed by atoms with Crippen molar-refractivity contribution in [2.45, 2.75) is 18.6 Å². The smallest absolute Gasteiger partial charge is 0.475 e. The molecule has 4 aromatic rings. The lowest BCUT2D eigenvalue weighted by Crippen LogP contribution is -2.38. The van der Waals surface area contributed by atoms with Gasteiger partial charge in [0.25, 0.3) is 5.91 Å². The summed E-state index contributed by atoms with van der Waals surface area (Å²) in [4.78, 5) is 36.7. The van der Waals surface area contributed by atoms with E-state index in [1.807, 2.05) is 48.8 Å². The number of carboxylic acids is 1. The van der Waals surface area contributed by atoms with Crippen molar-refractivity contribution in [2.75, 3.05) is 18.0 Å². The van der Waals surface area contributed by atoms with Crippen LogP contribution in [0.3, 0.4) is 0 Å². The number of nitrogens with one attached hydrogen (secondary N) is 1. The lowest BCUT2D eigenvalue weighted by Gasteiger charge is -2.18. The molecule has 1 aliphatic heterocycles. The van der Waals surface area contributed by atoms with Crippen LogP contribution in [-0.2, 0) is 4.79 Å². The highest BCUT2D eigenvalue weighted by molar-refractivity contribution is 5.91. The molecule has 0 saturated carbocycles. The molecular formula is C24H21F3N6O3. The van der Waals surface area contributed by atoms with Crippen molar-refractivity contribution < 1.29 is 27.9 Å². The molecule has 3 aromatic heterocycles. The zero-order valence-electron chi connectivity index (χ0n) is 18.8. The molecule has 1 amide bonds. The van der Waals surface area contributed by atoms with E-state index in [0.29, 0.717) is 6.54 Å². The Morgan fingerprint density at radius 3 is 2.33 bits per heavy atom. The van der Waals surface area contributed by atoms with Crippen LogP contribution < -0.4 is 10.2 Å². The van der Waals surface area contributed by atoms with E-state index in [-0.39, 0.29) is 17.8 Å². The Labute approximate surface area is 203 Å². The van der Waals surface area contributed by atoms with Crippen molar-refractivity contribution in [3.8, 4) is 11.1 Å². The second-order valence-electron chi connectivity index (χ2n) is 7.92. The number of aromatic nitrogens is 4. The van der Waals surface area contributed by atoms with E-state index in [9.17, 15) is 18.0 Å². The number of anilines is 1. The summed E-state index contributed by atoms with van der Waals surface area (Å²) in [6.07, 6.45) is 4.90. The minimum Gasteiger partial charge on any atom is -0.475 e. The molecule has 36 heavy (non-hydrogen) atoms. The Hall–Kier alpha value is -4.48. The SMILES string of the molecule is O=C(N[C@H]1CCN(c2nccn3cccc23)C1)c1ncc(-c2ccccc2)cn1.O=C(O)C(F)(F)F. The topological polar surface area (TPSA) is 113 Å². The molecule has 1 saturated heterocycles. The number of amides is 1. The Bertz CT molecular complexity index is 1340.